The van der Waals surface area contributed by atoms with Crippen LogP contribution in [0.2, 0.25) is 0 Å². The predicted molar refractivity (Wildman–Crippen MR) is 115 cm³/mol. The molecule has 7 nitrogen and oxygen atoms in total. The van der Waals surface area contributed by atoms with E-state index in [0.29, 0.717) is 17.3 Å². The number of rotatable bonds is 5. The second-order valence-corrected chi connectivity index (χ2v) is 7.28. The van der Waals surface area contributed by atoms with Crippen molar-refractivity contribution < 1.29 is 4.79 Å². The molecule has 0 saturated heterocycles. The number of anilines is 3. The highest BCUT2D eigenvalue weighted by atomic mass is 16.1. The molecule has 0 spiro atoms. The lowest BCUT2D eigenvalue weighted by Gasteiger charge is -2.19. The molecule has 0 saturated carbocycles. The summed E-state index contributed by atoms with van der Waals surface area (Å²) < 4.78 is 0. The molecule has 2 aromatic rings. The Morgan fingerprint density at radius 1 is 1.14 bits per heavy atom. The molecule has 0 atom stereocenters. The first-order valence-electron chi connectivity index (χ1n) is 9.97. The summed E-state index contributed by atoms with van der Waals surface area (Å²) in [6.45, 7) is 3.86. The first-order valence-corrected chi connectivity index (χ1v) is 9.97. The zero-order chi connectivity index (χ0) is 20.2. The van der Waals surface area contributed by atoms with E-state index in [0.717, 1.165) is 49.3 Å². The Balaban J connectivity index is 1.54. The van der Waals surface area contributed by atoms with Crippen LogP contribution in [-0.4, -0.2) is 29.5 Å². The highest BCUT2D eigenvalue weighted by Crippen LogP contribution is 2.25. The van der Waals surface area contributed by atoms with Gasteiger partial charge in [0.25, 0.3) is 5.91 Å². The summed E-state index contributed by atoms with van der Waals surface area (Å²) in [6, 6.07) is 6.38. The van der Waals surface area contributed by atoms with Gasteiger partial charge in [-0.15, -0.1) is 0 Å². The average molecular weight is 390 g/mol. The largest absolute Gasteiger partial charge is 0.355 e. The van der Waals surface area contributed by atoms with Crippen molar-refractivity contribution in [2.45, 2.75) is 32.7 Å². The number of aryl methyl sites for hydroxylation is 1. The lowest BCUT2D eigenvalue weighted by Crippen LogP contribution is -2.24. The Morgan fingerprint density at radius 2 is 2.00 bits per heavy atom. The molecule has 0 fully saturated rings. The van der Waals surface area contributed by atoms with E-state index >= 15 is 0 Å². The van der Waals surface area contributed by atoms with Gasteiger partial charge in [-0.25, -0.2) is 4.98 Å². The first kappa shape index (κ1) is 19.1. The van der Waals surface area contributed by atoms with Gasteiger partial charge in [0.15, 0.2) is 0 Å². The number of nitrogens with one attached hydrogen (secondary N) is 4. The second-order valence-electron chi connectivity index (χ2n) is 7.28. The van der Waals surface area contributed by atoms with Crippen molar-refractivity contribution in [3.63, 3.8) is 0 Å². The number of amides is 1. The molecule has 7 heteroatoms. The zero-order valence-corrected chi connectivity index (χ0v) is 16.8. The summed E-state index contributed by atoms with van der Waals surface area (Å²) in [5.74, 6) is 1.10. The Morgan fingerprint density at radius 3 is 2.86 bits per heavy atom. The minimum absolute atomic E-state index is 0.101. The van der Waals surface area contributed by atoms with Gasteiger partial charge in [-0.2, -0.15) is 4.98 Å². The number of hydrogen-bond acceptors (Lipinski definition) is 6. The zero-order valence-electron chi connectivity index (χ0n) is 16.8. The fraction of sp³-hybridized carbons (Fsp3) is 0.318. The number of likely N-dealkylation sites (N-methyl/N-ethyl adjacent to an activating group) is 1. The Kier molecular flexibility index (Phi) is 5.57. The van der Waals surface area contributed by atoms with Crippen molar-refractivity contribution in [1.29, 1.82) is 0 Å². The van der Waals surface area contributed by atoms with Gasteiger partial charge >= 0.3 is 0 Å². The molecule has 2 heterocycles. The van der Waals surface area contributed by atoms with Crippen LogP contribution in [0.1, 0.15) is 29.5 Å². The third kappa shape index (κ3) is 4.30. The summed E-state index contributed by atoms with van der Waals surface area (Å²) in [4.78, 5) is 21.2. The third-order valence-corrected chi connectivity index (χ3v) is 5.20. The molecular formula is C22H26N6O. The Bertz CT molecular complexity index is 995. The summed E-state index contributed by atoms with van der Waals surface area (Å²) in [7, 11) is 1.64. The van der Waals surface area contributed by atoms with Crippen LogP contribution >= 0.6 is 0 Å². The van der Waals surface area contributed by atoms with Gasteiger partial charge in [0.2, 0.25) is 5.95 Å². The molecule has 2 aliphatic rings. The van der Waals surface area contributed by atoms with Crippen molar-refractivity contribution in [2.75, 3.05) is 24.2 Å². The second kappa shape index (κ2) is 8.45. The van der Waals surface area contributed by atoms with Crippen LogP contribution in [0, 0.1) is 6.92 Å². The summed E-state index contributed by atoms with van der Waals surface area (Å²) in [5, 5.41) is 12.7. The highest BCUT2D eigenvalue weighted by molar-refractivity contribution is 5.98. The molecule has 0 bridgehead atoms. The van der Waals surface area contributed by atoms with Crippen LogP contribution in [0.5, 0.6) is 0 Å². The van der Waals surface area contributed by atoms with Crippen LogP contribution in [-0.2, 0) is 17.8 Å². The number of carbonyl (C=O) groups is 1. The van der Waals surface area contributed by atoms with Crippen LogP contribution < -0.4 is 21.3 Å². The minimum Gasteiger partial charge on any atom is -0.355 e. The monoisotopic (exact) mass is 390 g/mol. The van der Waals surface area contributed by atoms with Gasteiger partial charge in [0, 0.05) is 36.7 Å². The molecule has 150 valence electrons. The fourth-order valence-corrected chi connectivity index (χ4v) is 3.59. The van der Waals surface area contributed by atoms with Crippen molar-refractivity contribution in [3.8, 4) is 0 Å². The van der Waals surface area contributed by atoms with Gasteiger partial charge in [-0.05, 0) is 56.0 Å². The molecule has 1 aliphatic heterocycles. The van der Waals surface area contributed by atoms with E-state index in [1.54, 1.807) is 13.2 Å². The van der Waals surface area contributed by atoms with Crippen molar-refractivity contribution >= 4 is 23.4 Å². The fourth-order valence-electron chi connectivity index (χ4n) is 3.59. The molecule has 4 rings (SSSR count). The lowest BCUT2D eigenvalue weighted by molar-refractivity contribution is -0.116. The van der Waals surface area contributed by atoms with Crippen molar-refractivity contribution in [3.05, 3.63) is 64.5 Å². The number of fused-ring (bicyclic) bond motifs is 1. The van der Waals surface area contributed by atoms with E-state index in [1.165, 1.54) is 11.1 Å². The third-order valence-electron chi connectivity index (χ3n) is 5.20. The smallest absolute Gasteiger partial charge is 0.252 e. The van der Waals surface area contributed by atoms with E-state index < -0.39 is 0 Å². The maximum Gasteiger partial charge on any atom is 0.252 e. The normalized spacial score (nSPS) is 15.7. The Labute approximate surface area is 170 Å². The molecule has 4 N–H and O–H groups in total. The summed E-state index contributed by atoms with van der Waals surface area (Å²) >= 11 is 0. The number of aromatic nitrogens is 2. The first-order chi connectivity index (χ1) is 14.1. The molecule has 1 amide bonds. The molecule has 1 aliphatic carbocycles. The van der Waals surface area contributed by atoms with Crippen molar-refractivity contribution in [2.24, 2.45) is 0 Å². The predicted octanol–water partition coefficient (Wildman–Crippen LogP) is 2.94. The van der Waals surface area contributed by atoms with E-state index in [1.807, 2.05) is 19.1 Å². The average Bonchev–Trinajstić information content (AvgIpc) is 2.76. The molecule has 0 unspecified atom stereocenters. The number of allylic oxidation sites excluding steroid dienone is 2. The lowest BCUT2D eigenvalue weighted by atomic mass is 10.0. The van der Waals surface area contributed by atoms with Gasteiger partial charge < -0.3 is 21.3 Å². The Hall–Kier alpha value is -3.19. The van der Waals surface area contributed by atoms with Crippen LogP contribution in [0.3, 0.4) is 0 Å². The molecular weight excluding hydrogens is 364 g/mol. The number of hydrogen-bond donors (Lipinski definition) is 4. The van der Waals surface area contributed by atoms with Gasteiger partial charge in [-0.3, -0.25) is 4.79 Å². The minimum atomic E-state index is -0.101. The standard InChI is InChI=1S/C22H26N6O/c1-14-12-25-22(26-17-8-7-15-9-10-24-13-16(15)11-17)28-20(14)27-19-6-4-3-5-18(19)21(29)23-2/h5-8,11-12,24H,3-4,9-10,13H2,1-2H3,(H,23,29)(H2,25,26,27,28). The number of benzene rings is 1. The maximum absolute atomic E-state index is 12.2. The van der Waals surface area contributed by atoms with Gasteiger partial charge in [-0.1, -0.05) is 18.2 Å². The summed E-state index contributed by atoms with van der Waals surface area (Å²) in [5.41, 5.74) is 5.99. The number of nitrogens with zero attached hydrogens (tertiary/aromatic N) is 2. The van der Waals surface area contributed by atoms with Gasteiger partial charge in [0.1, 0.15) is 5.82 Å². The molecule has 1 aromatic carbocycles. The topological polar surface area (TPSA) is 91.0 Å². The van der Waals surface area contributed by atoms with E-state index in [4.69, 9.17) is 0 Å². The number of carbonyl (C=O) groups excluding carboxylic acids is 1. The van der Waals surface area contributed by atoms with Gasteiger partial charge in [0.05, 0.1) is 5.57 Å². The van der Waals surface area contributed by atoms with Crippen LogP contribution in [0.25, 0.3) is 0 Å². The molecule has 1 aromatic heterocycles. The van der Waals surface area contributed by atoms with Crippen LogP contribution in [0.15, 0.2) is 47.8 Å². The van der Waals surface area contributed by atoms with Crippen LogP contribution in [0.4, 0.5) is 17.5 Å². The highest BCUT2D eigenvalue weighted by Gasteiger charge is 2.17. The SMILES string of the molecule is CNC(=O)C1=CCCC=C1Nc1nc(Nc2ccc3c(c2)CNCC3)ncc1C. The van der Waals surface area contributed by atoms with E-state index in [9.17, 15) is 4.79 Å². The van der Waals surface area contributed by atoms with E-state index in [-0.39, 0.29) is 5.91 Å². The maximum atomic E-state index is 12.2. The van der Waals surface area contributed by atoms with Crippen molar-refractivity contribution in [1.82, 2.24) is 20.6 Å². The van der Waals surface area contributed by atoms with E-state index in [2.05, 4.69) is 49.4 Å². The molecule has 0 radical (unpaired) electrons. The molecule has 29 heavy (non-hydrogen) atoms. The quantitative estimate of drug-likeness (QED) is 0.628. The summed E-state index contributed by atoms with van der Waals surface area (Å²) in [6.07, 6.45) is 8.58.